The first-order valence-corrected chi connectivity index (χ1v) is 19.8. The lowest BCUT2D eigenvalue weighted by atomic mass is 9.92. The maximum Gasteiger partial charge on any atom is 0.238 e. The van der Waals surface area contributed by atoms with Crippen LogP contribution in [0.3, 0.4) is 0 Å². The number of benzene rings is 8. The summed E-state index contributed by atoms with van der Waals surface area (Å²) in [5.41, 5.74) is 9.12. The van der Waals surface area contributed by atoms with Gasteiger partial charge < -0.3 is 0 Å². The molecule has 5 heteroatoms. The minimum Gasteiger partial charge on any atom is -0.278 e. The number of nitrogens with zero attached hydrogens (tertiary/aromatic N) is 4. The minimum atomic E-state index is 0.603. The van der Waals surface area contributed by atoms with E-state index in [-0.39, 0.29) is 0 Å². The number of rotatable bonds is 4. The summed E-state index contributed by atoms with van der Waals surface area (Å²) >= 11 is 1.82. The molecule has 0 fully saturated rings. The summed E-state index contributed by atoms with van der Waals surface area (Å²) in [6.07, 6.45) is 0. The van der Waals surface area contributed by atoms with Gasteiger partial charge in [-0.3, -0.25) is 4.57 Å². The van der Waals surface area contributed by atoms with Crippen molar-refractivity contribution in [3.05, 3.63) is 170 Å². The fourth-order valence-electron chi connectivity index (χ4n) is 9.42. The number of hydrogen-bond acceptors (Lipinski definition) is 4. The van der Waals surface area contributed by atoms with Crippen molar-refractivity contribution < 1.29 is 0 Å². The van der Waals surface area contributed by atoms with Crippen molar-refractivity contribution in [2.75, 3.05) is 0 Å². The fourth-order valence-corrected chi connectivity index (χ4v) is 10.5. The van der Waals surface area contributed by atoms with Crippen molar-refractivity contribution in [2.24, 2.45) is 0 Å². The topological polar surface area (TPSA) is 43.6 Å². The highest BCUT2D eigenvalue weighted by Gasteiger charge is 2.30. The number of hydrogen-bond donors (Lipinski definition) is 0. The molecule has 8 aromatic carbocycles. The molecule has 11 aromatic rings. The maximum absolute atomic E-state index is 5.38. The molecular formula is C51H28N4S. The van der Waals surface area contributed by atoms with Crippen LogP contribution < -0.4 is 0 Å². The van der Waals surface area contributed by atoms with Crippen LogP contribution in [-0.2, 0) is 0 Å². The Labute approximate surface area is 324 Å². The number of fused-ring (bicyclic) bond motifs is 6. The lowest BCUT2D eigenvalue weighted by molar-refractivity contribution is 0.954. The molecule has 0 saturated carbocycles. The fraction of sp³-hybridized carbons (Fsp3) is 0. The summed E-state index contributed by atoms with van der Waals surface area (Å²) in [5.74, 6) is 1.89. The highest BCUT2D eigenvalue weighted by molar-refractivity contribution is 7.25. The molecule has 13 rings (SSSR count). The van der Waals surface area contributed by atoms with Crippen LogP contribution in [0.4, 0.5) is 0 Å². The van der Waals surface area contributed by atoms with Gasteiger partial charge >= 0.3 is 0 Å². The monoisotopic (exact) mass is 728 g/mol. The van der Waals surface area contributed by atoms with E-state index >= 15 is 0 Å². The minimum absolute atomic E-state index is 0.603. The Balaban J connectivity index is 1.18. The van der Waals surface area contributed by atoms with Crippen LogP contribution >= 0.6 is 11.3 Å². The van der Waals surface area contributed by atoms with Crippen LogP contribution in [0.15, 0.2) is 170 Å². The van der Waals surface area contributed by atoms with Crippen molar-refractivity contribution in [2.45, 2.75) is 0 Å². The van der Waals surface area contributed by atoms with E-state index in [9.17, 15) is 0 Å². The van der Waals surface area contributed by atoms with Crippen LogP contribution in [0.25, 0.3) is 125 Å². The van der Waals surface area contributed by atoms with Crippen LogP contribution in [0.2, 0.25) is 0 Å². The first kappa shape index (κ1) is 30.2. The van der Waals surface area contributed by atoms with Gasteiger partial charge in [0.2, 0.25) is 5.95 Å². The predicted octanol–water partition coefficient (Wildman–Crippen LogP) is 13.8. The Hall–Kier alpha value is -7.21. The maximum atomic E-state index is 5.38. The summed E-state index contributed by atoms with van der Waals surface area (Å²) in [6, 6.07) is 61.2. The van der Waals surface area contributed by atoms with E-state index < -0.39 is 0 Å². The molecule has 0 atom stereocenters. The molecule has 2 aliphatic carbocycles. The van der Waals surface area contributed by atoms with Gasteiger partial charge in [0.15, 0.2) is 11.6 Å². The van der Waals surface area contributed by atoms with Crippen molar-refractivity contribution in [1.82, 2.24) is 19.5 Å². The lowest BCUT2D eigenvalue weighted by Gasteiger charge is -2.13. The van der Waals surface area contributed by atoms with Gasteiger partial charge in [-0.15, -0.1) is 11.3 Å². The van der Waals surface area contributed by atoms with Gasteiger partial charge in [-0.1, -0.05) is 133 Å². The summed E-state index contributed by atoms with van der Waals surface area (Å²) in [5, 5.41) is 12.4. The molecule has 0 N–H and O–H groups in total. The molecule has 258 valence electrons. The Morgan fingerprint density at radius 3 is 1.84 bits per heavy atom. The van der Waals surface area contributed by atoms with Gasteiger partial charge in [-0.05, 0) is 85.4 Å². The summed E-state index contributed by atoms with van der Waals surface area (Å²) in [4.78, 5) is 15.9. The average molecular weight is 729 g/mol. The first-order valence-electron chi connectivity index (χ1n) is 19.0. The van der Waals surface area contributed by atoms with Gasteiger partial charge in [0.25, 0.3) is 0 Å². The van der Waals surface area contributed by atoms with Gasteiger partial charge in [0.05, 0.1) is 11.0 Å². The molecule has 0 bridgehead atoms. The molecule has 3 aromatic heterocycles. The largest absolute Gasteiger partial charge is 0.278 e. The normalized spacial score (nSPS) is 12.3. The molecule has 0 unspecified atom stereocenters. The Morgan fingerprint density at radius 1 is 0.357 bits per heavy atom. The van der Waals surface area contributed by atoms with Gasteiger partial charge in [0.1, 0.15) is 0 Å². The third kappa shape index (κ3) is 4.04. The third-order valence-electron chi connectivity index (χ3n) is 11.7. The second-order valence-electron chi connectivity index (χ2n) is 14.7. The Bertz CT molecular complexity index is 3640. The summed E-state index contributed by atoms with van der Waals surface area (Å²) in [6.45, 7) is 0. The zero-order chi connectivity index (χ0) is 36.5. The van der Waals surface area contributed by atoms with Crippen LogP contribution in [0, 0.1) is 0 Å². The van der Waals surface area contributed by atoms with E-state index in [4.69, 9.17) is 15.0 Å². The molecule has 0 radical (unpaired) electrons. The SMILES string of the molecule is c1ccc(-c2nc(-c3ccc4sc5ccccc5c4c3)nc(-n3c4ccc5c6c4c4c7c(cccc7c(-c7ccccc7)c-6c6ccccc65)ccc43)n2)cc1. The molecule has 0 saturated heterocycles. The van der Waals surface area contributed by atoms with Crippen LogP contribution in [0.5, 0.6) is 0 Å². The molecule has 3 heterocycles. The molecule has 56 heavy (non-hydrogen) atoms. The highest BCUT2D eigenvalue weighted by Crippen LogP contribution is 2.55. The molecule has 4 nitrogen and oxygen atoms in total. The second kappa shape index (κ2) is 11.2. The Kier molecular flexibility index (Phi) is 6.01. The quantitative estimate of drug-likeness (QED) is 0.181. The summed E-state index contributed by atoms with van der Waals surface area (Å²) in [7, 11) is 0. The van der Waals surface area contributed by atoms with E-state index in [0.717, 1.165) is 22.2 Å². The zero-order valence-corrected chi connectivity index (χ0v) is 30.7. The lowest BCUT2D eigenvalue weighted by Crippen LogP contribution is -2.06. The van der Waals surface area contributed by atoms with Crippen LogP contribution in [-0.4, -0.2) is 19.5 Å². The van der Waals surface area contributed by atoms with Gasteiger partial charge in [-0.25, -0.2) is 4.98 Å². The van der Waals surface area contributed by atoms with Crippen molar-refractivity contribution >= 4 is 85.6 Å². The molecule has 0 aliphatic heterocycles. The zero-order valence-electron chi connectivity index (χ0n) is 29.9. The Morgan fingerprint density at radius 2 is 1.00 bits per heavy atom. The standard InChI is InChI=1S/C51H28N4S/c1-3-12-29(13-4-1)43-37-20-11-16-30-22-25-39-47(44(30)37)48-40(26-24-36-33-17-7-8-19-35(33)45(43)46(36)48)55(39)51-53-49(31-14-5-2-6-15-31)52-50(54-51)32-23-27-42-38(28-32)34-18-9-10-21-41(34)56-42/h1-28H. The van der Waals surface area contributed by atoms with Crippen molar-refractivity contribution in [3.63, 3.8) is 0 Å². The van der Waals surface area contributed by atoms with Crippen LogP contribution in [0.1, 0.15) is 0 Å². The summed E-state index contributed by atoms with van der Waals surface area (Å²) < 4.78 is 4.81. The molecular weight excluding hydrogens is 701 g/mol. The third-order valence-corrected chi connectivity index (χ3v) is 12.9. The highest BCUT2D eigenvalue weighted by atomic mass is 32.1. The predicted molar refractivity (Wildman–Crippen MR) is 235 cm³/mol. The van der Waals surface area contributed by atoms with Crippen molar-refractivity contribution in [3.8, 4) is 51.0 Å². The van der Waals surface area contributed by atoms with E-state index in [1.165, 1.54) is 85.5 Å². The van der Waals surface area contributed by atoms with E-state index in [0.29, 0.717) is 17.6 Å². The van der Waals surface area contributed by atoms with Crippen molar-refractivity contribution in [1.29, 1.82) is 0 Å². The van der Waals surface area contributed by atoms with E-state index in [1.54, 1.807) is 0 Å². The average Bonchev–Trinajstić information content (AvgIpc) is 3.89. The van der Waals surface area contributed by atoms with Gasteiger partial charge in [0, 0.05) is 47.6 Å². The molecule has 2 aliphatic rings. The molecule has 0 amide bonds. The smallest absolute Gasteiger partial charge is 0.238 e. The molecule has 0 spiro atoms. The van der Waals surface area contributed by atoms with E-state index in [1.807, 2.05) is 29.5 Å². The number of thiophene rings is 1. The first-order chi connectivity index (χ1) is 27.8. The second-order valence-corrected chi connectivity index (χ2v) is 15.8. The number of aromatic nitrogens is 4. The van der Waals surface area contributed by atoms with Gasteiger partial charge in [-0.2, -0.15) is 9.97 Å². The van der Waals surface area contributed by atoms with E-state index in [2.05, 4.69) is 156 Å².